The van der Waals surface area contributed by atoms with Crippen molar-refractivity contribution >= 4 is 17.3 Å². The van der Waals surface area contributed by atoms with Crippen molar-refractivity contribution in [1.29, 1.82) is 0 Å². The Balaban J connectivity index is 1.74. The Hall–Kier alpha value is -2.44. The highest BCUT2D eigenvalue weighted by Gasteiger charge is 2.22. The first kappa shape index (κ1) is 17.4. The Morgan fingerprint density at radius 2 is 1.88 bits per heavy atom. The Morgan fingerprint density at radius 1 is 1.24 bits per heavy atom. The SMILES string of the molecule is CC(C)Cc1cc(C(=O)Nc2cc(F)c(N3CCCC3)c(F)c2)n[nH]1. The number of amides is 1. The van der Waals surface area contributed by atoms with Crippen LogP contribution in [0.4, 0.5) is 20.2 Å². The van der Waals surface area contributed by atoms with Crippen LogP contribution in [0.15, 0.2) is 18.2 Å². The monoisotopic (exact) mass is 348 g/mol. The van der Waals surface area contributed by atoms with Crippen LogP contribution in [0.3, 0.4) is 0 Å². The summed E-state index contributed by atoms with van der Waals surface area (Å²) < 4.78 is 28.6. The van der Waals surface area contributed by atoms with Gasteiger partial charge in [-0.1, -0.05) is 13.8 Å². The number of aromatic amines is 1. The number of rotatable bonds is 5. The van der Waals surface area contributed by atoms with Gasteiger partial charge >= 0.3 is 0 Å². The highest BCUT2D eigenvalue weighted by molar-refractivity contribution is 6.03. The molecule has 3 rings (SSSR count). The molecule has 1 aromatic carbocycles. The molecule has 1 fully saturated rings. The standard InChI is InChI=1S/C18H22F2N4O/c1-11(2)7-13-10-16(23-22-13)18(25)21-12-8-14(19)17(15(20)9-12)24-5-3-4-6-24/h8-11H,3-7H2,1-2H3,(H,21,25)(H,22,23). The predicted octanol–water partition coefficient (Wildman–Crippen LogP) is 3.74. The number of carbonyl (C=O) groups is 1. The van der Waals surface area contributed by atoms with Crippen molar-refractivity contribution in [2.45, 2.75) is 33.1 Å². The number of H-pyrrole nitrogens is 1. The average molecular weight is 348 g/mol. The molecule has 0 atom stereocenters. The maximum Gasteiger partial charge on any atom is 0.276 e. The van der Waals surface area contributed by atoms with Crippen LogP contribution in [0.2, 0.25) is 0 Å². The first-order valence-electron chi connectivity index (χ1n) is 8.53. The van der Waals surface area contributed by atoms with E-state index < -0.39 is 17.5 Å². The van der Waals surface area contributed by atoms with Gasteiger partial charge in [-0.2, -0.15) is 5.10 Å². The summed E-state index contributed by atoms with van der Waals surface area (Å²) >= 11 is 0. The Morgan fingerprint density at radius 3 is 2.48 bits per heavy atom. The lowest BCUT2D eigenvalue weighted by Gasteiger charge is -2.19. The summed E-state index contributed by atoms with van der Waals surface area (Å²) in [6.07, 6.45) is 2.62. The molecule has 0 saturated carbocycles. The van der Waals surface area contributed by atoms with Gasteiger partial charge in [-0.05, 0) is 43.4 Å². The number of nitrogens with zero attached hydrogens (tertiary/aromatic N) is 2. The van der Waals surface area contributed by atoms with Crippen LogP contribution >= 0.6 is 0 Å². The quantitative estimate of drug-likeness (QED) is 0.865. The molecule has 7 heteroatoms. The lowest BCUT2D eigenvalue weighted by Crippen LogP contribution is -2.21. The molecule has 1 aliphatic heterocycles. The second kappa shape index (κ2) is 7.21. The third-order valence-corrected chi connectivity index (χ3v) is 4.19. The molecule has 2 heterocycles. The van der Waals surface area contributed by atoms with Crippen LogP contribution < -0.4 is 10.2 Å². The third-order valence-electron chi connectivity index (χ3n) is 4.19. The maximum absolute atomic E-state index is 14.3. The van der Waals surface area contributed by atoms with Crippen LogP contribution in [0.25, 0.3) is 0 Å². The van der Waals surface area contributed by atoms with Crippen molar-refractivity contribution in [2.24, 2.45) is 5.92 Å². The minimum absolute atomic E-state index is 0.0190. The molecule has 2 aromatic rings. The van der Waals surface area contributed by atoms with Crippen LogP contribution in [-0.2, 0) is 6.42 Å². The molecular formula is C18H22F2N4O. The van der Waals surface area contributed by atoms with E-state index in [1.165, 1.54) is 0 Å². The van der Waals surface area contributed by atoms with E-state index in [0.717, 1.165) is 37.1 Å². The molecule has 25 heavy (non-hydrogen) atoms. The lowest BCUT2D eigenvalue weighted by molar-refractivity contribution is 0.102. The average Bonchev–Trinajstić information content (AvgIpc) is 3.17. The van der Waals surface area contributed by atoms with Crippen molar-refractivity contribution in [3.8, 4) is 0 Å². The van der Waals surface area contributed by atoms with E-state index in [9.17, 15) is 13.6 Å². The molecule has 1 aromatic heterocycles. The zero-order chi connectivity index (χ0) is 18.0. The van der Waals surface area contributed by atoms with Gasteiger partial charge in [-0.15, -0.1) is 0 Å². The fourth-order valence-corrected chi connectivity index (χ4v) is 3.10. The Kier molecular flexibility index (Phi) is 5.01. The van der Waals surface area contributed by atoms with Gasteiger partial charge in [0, 0.05) is 24.5 Å². The highest BCUT2D eigenvalue weighted by Crippen LogP contribution is 2.29. The van der Waals surface area contributed by atoms with Crippen molar-refractivity contribution < 1.29 is 13.6 Å². The summed E-state index contributed by atoms with van der Waals surface area (Å²) in [5.74, 6) is -1.41. The van der Waals surface area contributed by atoms with Gasteiger partial charge in [0.25, 0.3) is 5.91 Å². The summed E-state index contributed by atoms with van der Waals surface area (Å²) in [5, 5.41) is 9.27. The second-order valence-corrected chi connectivity index (χ2v) is 6.81. The lowest BCUT2D eigenvalue weighted by atomic mass is 10.1. The topological polar surface area (TPSA) is 61.0 Å². The van der Waals surface area contributed by atoms with Gasteiger partial charge < -0.3 is 10.2 Å². The highest BCUT2D eigenvalue weighted by atomic mass is 19.1. The molecule has 134 valence electrons. The van der Waals surface area contributed by atoms with Crippen molar-refractivity contribution in [1.82, 2.24) is 10.2 Å². The van der Waals surface area contributed by atoms with Crippen LogP contribution in [-0.4, -0.2) is 29.2 Å². The zero-order valence-electron chi connectivity index (χ0n) is 14.4. The molecular weight excluding hydrogens is 326 g/mol. The smallest absolute Gasteiger partial charge is 0.276 e. The minimum atomic E-state index is -0.667. The van der Waals surface area contributed by atoms with Crippen molar-refractivity contribution in [3.63, 3.8) is 0 Å². The Labute approximate surface area is 145 Å². The molecule has 1 aliphatic rings. The molecule has 0 unspecified atom stereocenters. The first-order valence-corrected chi connectivity index (χ1v) is 8.53. The van der Waals surface area contributed by atoms with Gasteiger partial charge in [0.1, 0.15) is 5.69 Å². The first-order chi connectivity index (χ1) is 11.9. The fraction of sp³-hybridized carbons (Fsp3) is 0.444. The van der Waals surface area contributed by atoms with E-state index in [0.29, 0.717) is 19.0 Å². The molecule has 0 radical (unpaired) electrons. The molecule has 1 amide bonds. The third kappa shape index (κ3) is 3.97. The van der Waals surface area contributed by atoms with E-state index in [4.69, 9.17) is 0 Å². The van der Waals surface area contributed by atoms with Crippen LogP contribution in [0, 0.1) is 17.6 Å². The van der Waals surface area contributed by atoms with Gasteiger partial charge in [-0.25, -0.2) is 8.78 Å². The summed E-state index contributed by atoms with van der Waals surface area (Å²) in [4.78, 5) is 13.9. The number of carbonyl (C=O) groups excluding carboxylic acids is 1. The van der Waals surface area contributed by atoms with Gasteiger partial charge in [0.2, 0.25) is 0 Å². The van der Waals surface area contributed by atoms with E-state index in [-0.39, 0.29) is 17.1 Å². The summed E-state index contributed by atoms with van der Waals surface area (Å²) in [5.41, 5.74) is 1.10. The largest absolute Gasteiger partial charge is 0.367 e. The number of aromatic nitrogens is 2. The summed E-state index contributed by atoms with van der Waals surface area (Å²) in [6, 6.07) is 3.95. The van der Waals surface area contributed by atoms with E-state index in [1.54, 1.807) is 11.0 Å². The second-order valence-electron chi connectivity index (χ2n) is 6.81. The molecule has 0 bridgehead atoms. The fourth-order valence-electron chi connectivity index (χ4n) is 3.10. The molecule has 1 saturated heterocycles. The van der Waals surface area contributed by atoms with E-state index in [1.807, 2.05) is 0 Å². The maximum atomic E-state index is 14.3. The number of halogens is 2. The predicted molar refractivity (Wildman–Crippen MR) is 92.9 cm³/mol. The number of hydrogen-bond acceptors (Lipinski definition) is 3. The van der Waals surface area contributed by atoms with Crippen molar-refractivity contribution in [3.05, 3.63) is 41.2 Å². The van der Waals surface area contributed by atoms with E-state index >= 15 is 0 Å². The van der Waals surface area contributed by atoms with Crippen LogP contribution in [0.5, 0.6) is 0 Å². The zero-order valence-corrected chi connectivity index (χ0v) is 14.4. The molecule has 0 aliphatic carbocycles. The molecule has 5 nitrogen and oxygen atoms in total. The minimum Gasteiger partial charge on any atom is -0.367 e. The summed E-state index contributed by atoms with van der Waals surface area (Å²) in [6.45, 7) is 5.42. The Bertz CT molecular complexity index is 743. The van der Waals surface area contributed by atoms with E-state index in [2.05, 4.69) is 29.4 Å². The normalized spacial score (nSPS) is 14.4. The van der Waals surface area contributed by atoms with Gasteiger partial charge in [0.15, 0.2) is 17.3 Å². The number of anilines is 2. The van der Waals surface area contributed by atoms with Crippen LogP contribution in [0.1, 0.15) is 42.9 Å². The molecule has 0 spiro atoms. The number of hydrogen-bond donors (Lipinski definition) is 2. The number of nitrogens with one attached hydrogen (secondary N) is 2. The van der Waals surface area contributed by atoms with Gasteiger partial charge in [0.05, 0.1) is 0 Å². The number of benzene rings is 1. The van der Waals surface area contributed by atoms with Gasteiger partial charge in [-0.3, -0.25) is 9.89 Å². The molecule has 2 N–H and O–H groups in total. The summed E-state index contributed by atoms with van der Waals surface area (Å²) in [7, 11) is 0. The van der Waals surface area contributed by atoms with Crippen molar-refractivity contribution in [2.75, 3.05) is 23.3 Å².